The van der Waals surface area contributed by atoms with Gasteiger partial charge in [-0.2, -0.15) is 5.10 Å². The summed E-state index contributed by atoms with van der Waals surface area (Å²) in [5.41, 5.74) is 9.47. The quantitative estimate of drug-likeness (QED) is 0.653. The van der Waals surface area contributed by atoms with E-state index in [2.05, 4.69) is 16.0 Å². The van der Waals surface area contributed by atoms with Crippen molar-refractivity contribution >= 4 is 11.8 Å². The van der Waals surface area contributed by atoms with Gasteiger partial charge in [0.1, 0.15) is 5.82 Å². The molecule has 1 heterocycles. The van der Waals surface area contributed by atoms with Crippen LogP contribution in [0.4, 0.5) is 4.39 Å². The minimum absolute atomic E-state index is 0.0329. The van der Waals surface area contributed by atoms with Gasteiger partial charge in [-0.05, 0) is 44.0 Å². The molecule has 0 unspecified atom stereocenters. The second-order valence-corrected chi connectivity index (χ2v) is 6.99. The van der Waals surface area contributed by atoms with Gasteiger partial charge < -0.3 is 0 Å². The van der Waals surface area contributed by atoms with E-state index in [1.165, 1.54) is 29.8 Å². The molecule has 3 aromatic rings. The number of halogens is 1. The van der Waals surface area contributed by atoms with Crippen LogP contribution in [0, 0.1) is 26.6 Å². The molecule has 0 fully saturated rings. The van der Waals surface area contributed by atoms with E-state index in [1.807, 2.05) is 38.1 Å². The summed E-state index contributed by atoms with van der Waals surface area (Å²) in [6.45, 7) is 6.16. The summed E-state index contributed by atoms with van der Waals surface area (Å²) in [5, 5.41) is 4.46. The Morgan fingerprint density at radius 2 is 1.55 bits per heavy atom. The number of hydrogen-bond donors (Lipinski definition) is 2. The van der Waals surface area contributed by atoms with Gasteiger partial charge in [0, 0.05) is 5.69 Å². The monoisotopic (exact) mass is 394 g/mol. The number of aryl methyl sites for hydroxylation is 2. The Morgan fingerprint density at radius 1 is 0.931 bits per heavy atom. The molecule has 150 valence electrons. The maximum Gasteiger partial charge on any atom is 0.273 e. The highest BCUT2D eigenvalue weighted by atomic mass is 19.1. The summed E-state index contributed by atoms with van der Waals surface area (Å²) in [7, 11) is 0. The molecule has 0 aliphatic carbocycles. The van der Waals surface area contributed by atoms with Crippen LogP contribution in [0.15, 0.2) is 48.5 Å². The number of nitrogens with one attached hydrogen (secondary N) is 2. The van der Waals surface area contributed by atoms with Crippen LogP contribution in [0.2, 0.25) is 0 Å². The minimum atomic E-state index is -0.428. The molecule has 2 aromatic carbocycles. The molecule has 29 heavy (non-hydrogen) atoms. The van der Waals surface area contributed by atoms with Crippen molar-refractivity contribution in [1.29, 1.82) is 0 Å². The number of rotatable bonds is 5. The largest absolute Gasteiger partial charge is 0.273 e. The molecule has 6 nitrogen and oxygen atoms in total. The number of carbonyl (C=O) groups is 2. The third kappa shape index (κ3) is 5.07. The minimum Gasteiger partial charge on any atom is -0.273 e. The van der Waals surface area contributed by atoms with Gasteiger partial charge in [0.2, 0.25) is 5.91 Å². The number of amides is 2. The van der Waals surface area contributed by atoms with E-state index in [1.54, 1.807) is 11.6 Å². The molecule has 0 aliphatic heterocycles. The van der Waals surface area contributed by atoms with Crippen LogP contribution in [-0.2, 0) is 17.8 Å². The van der Waals surface area contributed by atoms with Crippen molar-refractivity contribution in [1.82, 2.24) is 20.6 Å². The molecule has 7 heteroatoms. The van der Waals surface area contributed by atoms with Crippen LogP contribution in [-0.4, -0.2) is 21.6 Å². The van der Waals surface area contributed by atoms with Gasteiger partial charge in [-0.3, -0.25) is 25.1 Å². The van der Waals surface area contributed by atoms with E-state index in [0.29, 0.717) is 29.1 Å². The first-order valence-electron chi connectivity index (χ1n) is 9.26. The van der Waals surface area contributed by atoms with Crippen molar-refractivity contribution in [2.45, 2.75) is 33.7 Å². The highest BCUT2D eigenvalue weighted by Crippen LogP contribution is 2.15. The van der Waals surface area contributed by atoms with Crippen LogP contribution < -0.4 is 10.9 Å². The van der Waals surface area contributed by atoms with Gasteiger partial charge in [0.05, 0.1) is 24.2 Å². The van der Waals surface area contributed by atoms with Gasteiger partial charge in [-0.1, -0.05) is 42.0 Å². The standard InChI is InChI=1S/C22H23FN4O2/c1-14-4-6-18(7-5-14)13-27-16(3)21(15(2)26-27)22(29)25-24-20(28)12-17-8-10-19(23)11-9-17/h4-11H,12-13H2,1-3H3,(H,24,28)(H,25,29). The second kappa shape index (κ2) is 8.68. The summed E-state index contributed by atoms with van der Waals surface area (Å²) < 4.78 is 14.7. The van der Waals surface area contributed by atoms with Gasteiger partial charge in [0.25, 0.3) is 5.91 Å². The fourth-order valence-electron chi connectivity index (χ4n) is 3.07. The predicted octanol–water partition coefficient (Wildman–Crippen LogP) is 3.00. The summed E-state index contributed by atoms with van der Waals surface area (Å²) in [6.07, 6.45) is 0.0329. The predicted molar refractivity (Wildman–Crippen MR) is 108 cm³/mol. The second-order valence-electron chi connectivity index (χ2n) is 6.99. The summed E-state index contributed by atoms with van der Waals surface area (Å²) >= 11 is 0. The zero-order valence-electron chi connectivity index (χ0n) is 16.6. The fraction of sp³-hybridized carbons (Fsp3) is 0.227. The van der Waals surface area contributed by atoms with Crippen molar-refractivity contribution in [2.75, 3.05) is 0 Å². The Balaban J connectivity index is 1.63. The van der Waals surface area contributed by atoms with Crippen molar-refractivity contribution < 1.29 is 14.0 Å². The molecule has 2 N–H and O–H groups in total. The first-order chi connectivity index (χ1) is 13.8. The maximum absolute atomic E-state index is 12.9. The Labute approximate surface area is 168 Å². The molecule has 0 atom stereocenters. The molecule has 0 radical (unpaired) electrons. The highest BCUT2D eigenvalue weighted by molar-refractivity contribution is 5.97. The van der Waals surface area contributed by atoms with E-state index in [9.17, 15) is 14.0 Å². The number of carbonyl (C=O) groups excluding carboxylic acids is 2. The zero-order chi connectivity index (χ0) is 21.0. The number of benzene rings is 2. The Hall–Kier alpha value is -3.48. The van der Waals surface area contributed by atoms with Gasteiger partial charge in [-0.25, -0.2) is 4.39 Å². The van der Waals surface area contributed by atoms with Gasteiger partial charge >= 0.3 is 0 Å². The van der Waals surface area contributed by atoms with Crippen LogP contribution in [0.25, 0.3) is 0 Å². The van der Waals surface area contributed by atoms with E-state index in [0.717, 1.165) is 5.56 Å². The summed E-state index contributed by atoms with van der Waals surface area (Å²) in [6, 6.07) is 13.8. The Morgan fingerprint density at radius 3 is 2.21 bits per heavy atom. The van der Waals surface area contributed by atoms with Crippen LogP contribution in [0.5, 0.6) is 0 Å². The molecule has 2 amide bonds. The number of hydrogen-bond acceptors (Lipinski definition) is 3. The van der Waals surface area contributed by atoms with E-state index in [4.69, 9.17) is 0 Å². The lowest BCUT2D eigenvalue weighted by atomic mass is 10.1. The molecule has 0 saturated carbocycles. The highest BCUT2D eigenvalue weighted by Gasteiger charge is 2.19. The first-order valence-corrected chi connectivity index (χ1v) is 9.26. The SMILES string of the molecule is Cc1ccc(Cn2nc(C)c(C(=O)NNC(=O)Cc3ccc(F)cc3)c2C)cc1. The molecular formula is C22H23FN4O2. The van der Waals surface area contributed by atoms with Crippen molar-refractivity contribution in [3.05, 3.63) is 88.0 Å². The fourth-order valence-corrected chi connectivity index (χ4v) is 3.07. The molecule has 0 saturated heterocycles. The average molecular weight is 394 g/mol. The smallest absolute Gasteiger partial charge is 0.273 e. The normalized spacial score (nSPS) is 10.6. The Bertz CT molecular complexity index is 1020. The van der Waals surface area contributed by atoms with E-state index >= 15 is 0 Å². The van der Waals surface area contributed by atoms with Crippen LogP contribution >= 0.6 is 0 Å². The van der Waals surface area contributed by atoms with E-state index < -0.39 is 11.8 Å². The van der Waals surface area contributed by atoms with E-state index in [-0.39, 0.29) is 12.2 Å². The third-order valence-corrected chi connectivity index (χ3v) is 4.65. The number of hydrazine groups is 1. The molecule has 0 aliphatic rings. The molecule has 1 aromatic heterocycles. The Kier molecular flexibility index (Phi) is 6.07. The van der Waals surface area contributed by atoms with Crippen molar-refractivity contribution in [3.63, 3.8) is 0 Å². The lowest BCUT2D eigenvalue weighted by molar-refractivity contribution is -0.121. The van der Waals surface area contributed by atoms with Crippen LogP contribution in [0.1, 0.15) is 38.4 Å². The molecule has 3 rings (SSSR count). The summed E-state index contributed by atoms with van der Waals surface area (Å²) in [5.74, 6) is -1.19. The zero-order valence-corrected chi connectivity index (χ0v) is 16.6. The lowest BCUT2D eigenvalue weighted by Gasteiger charge is -2.09. The van der Waals surface area contributed by atoms with Crippen molar-refractivity contribution in [3.8, 4) is 0 Å². The van der Waals surface area contributed by atoms with Crippen LogP contribution in [0.3, 0.4) is 0 Å². The van der Waals surface area contributed by atoms with Gasteiger partial charge in [0.15, 0.2) is 0 Å². The lowest BCUT2D eigenvalue weighted by Crippen LogP contribution is -2.42. The third-order valence-electron chi connectivity index (χ3n) is 4.65. The van der Waals surface area contributed by atoms with Gasteiger partial charge in [-0.15, -0.1) is 0 Å². The molecule has 0 spiro atoms. The topological polar surface area (TPSA) is 76.0 Å². The average Bonchev–Trinajstić information content (AvgIpc) is 2.97. The number of aromatic nitrogens is 2. The first kappa shape index (κ1) is 20.3. The maximum atomic E-state index is 12.9. The number of nitrogens with zero attached hydrogens (tertiary/aromatic N) is 2. The summed E-state index contributed by atoms with van der Waals surface area (Å²) in [4.78, 5) is 24.6. The molecular weight excluding hydrogens is 371 g/mol. The molecule has 0 bridgehead atoms. The van der Waals surface area contributed by atoms with Crippen molar-refractivity contribution in [2.24, 2.45) is 0 Å².